The number of nitrogens with one attached hydrogen (secondary N) is 3. The average molecular weight is 357 g/mol. The van der Waals surface area contributed by atoms with Crippen molar-refractivity contribution in [1.29, 1.82) is 0 Å². The molecule has 1 fully saturated rings. The molecule has 1 aliphatic rings. The van der Waals surface area contributed by atoms with Crippen molar-refractivity contribution in [3.05, 3.63) is 54.0 Å². The number of hydrogen-bond donors (Lipinski definition) is 3. The van der Waals surface area contributed by atoms with E-state index in [1.807, 2.05) is 6.07 Å². The van der Waals surface area contributed by atoms with Gasteiger partial charge in [-0.15, -0.1) is 0 Å². The van der Waals surface area contributed by atoms with Crippen molar-refractivity contribution >= 4 is 17.5 Å². The Hall–Kier alpha value is -2.80. The van der Waals surface area contributed by atoms with Gasteiger partial charge >= 0.3 is 0 Å². The molecule has 2 amide bonds. The maximum absolute atomic E-state index is 12.2. The van der Waals surface area contributed by atoms with Gasteiger partial charge in [-0.1, -0.05) is 6.07 Å². The quantitative estimate of drug-likeness (QED) is 0.671. The average Bonchev–Trinajstić information content (AvgIpc) is 3.36. The Morgan fingerprint density at radius 3 is 2.85 bits per heavy atom. The molecule has 7 heteroatoms. The molecule has 0 bridgehead atoms. The van der Waals surface area contributed by atoms with Crippen LogP contribution in [0.4, 0.5) is 5.69 Å². The second-order valence-electron chi connectivity index (χ2n) is 6.14. The fraction of sp³-hybridized carbons (Fsp3) is 0.368. The molecule has 1 unspecified atom stereocenters. The Labute approximate surface area is 152 Å². The van der Waals surface area contributed by atoms with Crippen LogP contribution in [0.1, 0.15) is 29.0 Å². The first kappa shape index (κ1) is 18.0. The van der Waals surface area contributed by atoms with E-state index in [1.54, 1.807) is 36.6 Å². The molecule has 2 heterocycles. The van der Waals surface area contributed by atoms with Crippen LogP contribution in [0.2, 0.25) is 0 Å². The van der Waals surface area contributed by atoms with Crippen LogP contribution in [-0.4, -0.2) is 37.6 Å². The third kappa shape index (κ3) is 5.35. The van der Waals surface area contributed by atoms with Gasteiger partial charge in [0.05, 0.1) is 25.5 Å². The number of carbonyl (C=O) groups excluding carboxylic acids is 2. The van der Waals surface area contributed by atoms with E-state index in [0.29, 0.717) is 30.1 Å². The number of furan rings is 1. The zero-order valence-electron chi connectivity index (χ0n) is 14.5. The van der Waals surface area contributed by atoms with Gasteiger partial charge < -0.3 is 25.1 Å². The molecule has 0 radical (unpaired) electrons. The van der Waals surface area contributed by atoms with Crippen molar-refractivity contribution in [2.45, 2.75) is 25.5 Å². The molecule has 3 N–H and O–H groups in total. The smallest absolute Gasteiger partial charge is 0.251 e. The van der Waals surface area contributed by atoms with Crippen molar-refractivity contribution < 1.29 is 18.7 Å². The summed E-state index contributed by atoms with van der Waals surface area (Å²) in [7, 11) is 0. The summed E-state index contributed by atoms with van der Waals surface area (Å²) in [4.78, 5) is 24.1. The zero-order valence-corrected chi connectivity index (χ0v) is 14.5. The lowest BCUT2D eigenvalue weighted by atomic mass is 10.1. The van der Waals surface area contributed by atoms with Gasteiger partial charge in [-0.3, -0.25) is 9.59 Å². The highest BCUT2D eigenvalue weighted by Gasteiger charge is 2.16. The largest absolute Gasteiger partial charge is 0.467 e. The number of benzene rings is 1. The van der Waals surface area contributed by atoms with Gasteiger partial charge in [0.2, 0.25) is 5.91 Å². The summed E-state index contributed by atoms with van der Waals surface area (Å²) in [5.74, 6) is 0.393. The molecule has 26 heavy (non-hydrogen) atoms. The molecule has 1 aliphatic heterocycles. The minimum Gasteiger partial charge on any atom is -0.467 e. The summed E-state index contributed by atoms with van der Waals surface area (Å²) in [5, 5.41) is 8.66. The van der Waals surface area contributed by atoms with E-state index in [0.717, 1.165) is 19.4 Å². The minimum absolute atomic E-state index is 0.109. The van der Waals surface area contributed by atoms with E-state index in [-0.39, 0.29) is 24.5 Å². The van der Waals surface area contributed by atoms with Crippen LogP contribution < -0.4 is 16.0 Å². The molecule has 1 aromatic carbocycles. The summed E-state index contributed by atoms with van der Waals surface area (Å²) in [6.07, 6.45) is 3.70. The van der Waals surface area contributed by atoms with E-state index >= 15 is 0 Å². The summed E-state index contributed by atoms with van der Waals surface area (Å²) in [6.45, 7) is 1.74. The molecule has 2 aromatic rings. The molecule has 1 atom stereocenters. The standard InChI is InChI=1S/C19H23N3O4/c23-18(21-11-16-6-2-8-25-16)13-20-15-5-1-4-14(10-15)19(24)22-12-17-7-3-9-26-17/h1-2,4-6,8,10,17,20H,3,7,9,11-13H2,(H,21,23)(H,22,24). The van der Waals surface area contributed by atoms with Gasteiger partial charge in [0.25, 0.3) is 5.91 Å². The summed E-state index contributed by atoms with van der Waals surface area (Å²) in [5.41, 5.74) is 1.26. The highest BCUT2D eigenvalue weighted by molar-refractivity contribution is 5.95. The lowest BCUT2D eigenvalue weighted by Gasteiger charge is -2.12. The summed E-state index contributed by atoms with van der Waals surface area (Å²) in [6, 6.07) is 10.6. The van der Waals surface area contributed by atoms with Gasteiger partial charge in [-0.25, -0.2) is 0 Å². The van der Waals surface area contributed by atoms with E-state index in [1.165, 1.54) is 0 Å². The van der Waals surface area contributed by atoms with Crippen molar-refractivity contribution in [1.82, 2.24) is 10.6 Å². The molecule has 7 nitrogen and oxygen atoms in total. The molecule has 0 saturated carbocycles. The fourth-order valence-electron chi connectivity index (χ4n) is 2.73. The topological polar surface area (TPSA) is 92.6 Å². The Kier molecular flexibility index (Phi) is 6.27. The van der Waals surface area contributed by atoms with Gasteiger partial charge in [-0.2, -0.15) is 0 Å². The molecule has 1 saturated heterocycles. The predicted octanol–water partition coefficient (Wildman–Crippen LogP) is 1.92. The second kappa shape index (κ2) is 9.05. The highest BCUT2D eigenvalue weighted by Crippen LogP contribution is 2.12. The van der Waals surface area contributed by atoms with E-state index in [2.05, 4.69) is 16.0 Å². The third-order valence-electron chi connectivity index (χ3n) is 4.13. The molecule has 0 aliphatic carbocycles. The first-order valence-corrected chi connectivity index (χ1v) is 8.73. The molecule has 1 aromatic heterocycles. The lowest BCUT2D eigenvalue weighted by molar-refractivity contribution is -0.119. The molecule has 0 spiro atoms. The maximum Gasteiger partial charge on any atom is 0.251 e. The first-order valence-electron chi connectivity index (χ1n) is 8.73. The Morgan fingerprint density at radius 1 is 1.15 bits per heavy atom. The molecular weight excluding hydrogens is 334 g/mol. The van der Waals surface area contributed by atoms with Crippen molar-refractivity contribution in [3.8, 4) is 0 Å². The van der Waals surface area contributed by atoms with Crippen molar-refractivity contribution in [3.63, 3.8) is 0 Å². The van der Waals surface area contributed by atoms with Crippen molar-refractivity contribution in [2.24, 2.45) is 0 Å². The monoisotopic (exact) mass is 357 g/mol. The summed E-state index contributed by atoms with van der Waals surface area (Å²) < 4.78 is 10.7. The predicted molar refractivity (Wildman–Crippen MR) is 96.8 cm³/mol. The van der Waals surface area contributed by atoms with E-state index in [9.17, 15) is 9.59 Å². The number of rotatable bonds is 8. The number of ether oxygens (including phenoxy) is 1. The lowest BCUT2D eigenvalue weighted by Crippen LogP contribution is -2.32. The van der Waals surface area contributed by atoms with Crippen LogP contribution in [0.5, 0.6) is 0 Å². The summed E-state index contributed by atoms with van der Waals surface area (Å²) >= 11 is 0. The third-order valence-corrected chi connectivity index (χ3v) is 4.13. The second-order valence-corrected chi connectivity index (χ2v) is 6.14. The van der Waals surface area contributed by atoms with Crippen LogP contribution in [0.25, 0.3) is 0 Å². The van der Waals surface area contributed by atoms with Gasteiger partial charge in [0, 0.05) is 24.4 Å². The van der Waals surface area contributed by atoms with Crippen LogP contribution >= 0.6 is 0 Å². The van der Waals surface area contributed by atoms with Crippen LogP contribution in [-0.2, 0) is 16.1 Å². The zero-order chi connectivity index (χ0) is 18.2. The molecule has 3 rings (SSSR count). The normalized spacial score (nSPS) is 16.2. The first-order chi connectivity index (χ1) is 12.7. The number of anilines is 1. The number of hydrogen-bond acceptors (Lipinski definition) is 5. The number of carbonyl (C=O) groups is 2. The molecule has 138 valence electrons. The molecular formula is C19H23N3O4. The van der Waals surface area contributed by atoms with Crippen LogP contribution in [0.3, 0.4) is 0 Å². The van der Waals surface area contributed by atoms with Gasteiger partial charge in [0.15, 0.2) is 0 Å². The Morgan fingerprint density at radius 2 is 2.08 bits per heavy atom. The highest BCUT2D eigenvalue weighted by atomic mass is 16.5. The van der Waals surface area contributed by atoms with Gasteiger partial charge in [-0.05, 0) is 43.2 Å². The Bertz CT molecular complexity index is 724. The fourth-order valence-corrected chi connectivity index (χ4v) is 2.73. The maximum atomic E-state index is 12.2. The number of amides is 2. The van der Waals surface area contributed by atoms with Crippen molar-refractivity contribution in [2.75, 3.05) is 25.0 Å². The Balaban J connectivity index is 1.44. The van der Waals surface area contributed by atoms with E-state index < -0.39 is 0 Å². The van der Waals surface area contributed by atoms with Crippen LogP contribution in [0, 0.1) is 0 Å². The minimum atomic E-state index is -0.158. The SMILES string of the molecule is O=C(CNc1cccc(C(=O)NCC2CCCO2)c1)NCc1ccco1. The van der Waals surface area contributed by atoms with E-state index in [4.69, 9.17) is 9.15 Å². The van der Waals surface area contributed by atoms with Crippen LogP contribution in [0.15, 0.2) is 47.1 Å². The van der Waals surface area contributed by atoms with Gasteiger partial charge in [0.1, 0.15) is 5.76 Å².